The van der Waals surface area contributed by atoms with Gasteiger partial charge < -0.3 is 4.57 Å². The van der Waals surface area contributed by atoms with Crippen molar-refractivity contribution < 1.29 is 0 Å². The van der Waals surface area contributed by atoms with Gasteiger partial charge >= 0.3 is 0 Å². The van der Waals surface area contributed by atoms with Crippen molar-refractivity contribution in [3.05, 3.63) is 188 Å². The third kappa shape index (κ3) is 4.30. The SMILES string of the molecule is c1ccc(-c2cc(-c3ccccc3)nc(-n3c4ccccc4c4cc(-c5ccc6c7c5ccc5cccc(c57)n6-c5ccccc5)ccc43)c2)cc1. The molecule has 52 heavy (non-hydrogen) atoms. The summed E-state index contributed by atoms with van der Waals surface area (Å²) in [6.45, 7) is 0. The molecule has 0 aliphatic carbocycles. The Hall–Kier alpha value is -6.97. The highest BCUT2D eigenvalue weighted by Crippen LogP contribution is 2.44. The van der Waals surface area contributed by atoms with Crippen LogP contribution >= 0.6 is 0 Å². The molecule has 0 aliphatic heterocycles. The van der Waals surface area contributed by atoms with Gasteiger partial charge in [0.2, 0.25) is 0 Å². The fourth-order valence-corrected chi connectivity index (χ4v) is 8.37. The second kappa shape index (κ2) is 11.3. The minimum Gasteiger partial charge on any atom is -0.309 e. The first-order valence-corrected chi connectivity index (χ1v) is 17.8. The molecule has 11 aromatic rings. The molecule has 8 aromatic carbocycles. The van der Waals surface area contributed by atoms with Gasteiger partial charge in [0.05, 0.1) is 27.8 Å². The van der Waals surface area contributed by atoms with Crippen LogP contribution in [0.15, 0.2) is 188 Å². The third-order valence-electron chi connectivity index (χ3n) is 10.7. The van der Waals surface area contributed by atoms with Gasteiger partial charge in [0.1, 0.15) is 5.82 Å². The van der Waals surface area contributed by atoms with Crippen LogP contribution in [0.5, 0.6) is 0 Å². The van der Waals surface area contributed by atoms with Gasteiger partial charge in [-0.25, -0.2) is 4.98 Å². The quantitative estimate of drug-likeness (QED) is 0.168. The molecule has 0 aliphatic rings. The average Bonchev–Trinajstić information content (AvgIpc) is 3.74. The van der Waals surface area contributed by atoms with Crippen LogP contribution in [0.25, 0.3) is 99.4 Å². The van der Waals surface area contributed by atoms with E-state index in [2.05, 4.69) is 197 Å². The first-order chi connectivity index (χ1) is 25.8. The summed E-state index contributed by atoms with van der Waals surface area (Å²) in [4.78, 5) is 5.33. The van der Waals surface area contributed by atoms with Crippen LogP contribution in [0.2, 0.25) is 0 Å². The lowest BCUT2D eigenvalue weighted by Crippen LogP contribution is -2.00. The van der Waals surface area contributed by atoms with Crippen LogP contribution in [0, 0.1) is 0 Å². The second-order valence-corrected chi connectivity index (χ2v) is 13.6. The van der Waals surface area contributed by atoms with Gasteiger partial charge in [-0.1, -0.05) is 133 Å². The van der Waals surface area contributed by atoms with E-state index in [0.29, 0.717) is 0 Å². The molecule has 0 spiro atoms. The molecule has 0 amide bonds. The predicted molar refractivity (Wildman–Crippen MR) is 218 cm³/mol. The largest absolute Gasteiger partial charge is 0.309 e. The molecule has 0 fully saturated rings. The van der Waals surface area contributed by atoms with E-state index in [0.717, 1.165) is 33.7 Å². The zero-order valence-corrected chi connectivity index (χ0v) is 28.2. The van der Waals surface area contributed by atoms with E-state index >= 15 is 0 Å². The van der Waals surface area contributed by atoms with Gasteiger partial charge in [-0.2, -0.15) is 0 Å². The monoisotopic (exact) mass is 661 g/mol. The highest BCUT2D eigenvalue weighted by molar-refractivity contribution is 6.26. The summed E-state index contributed by atoms with van der Waals surface area (Å²) in [7, 11) is 0. The molecule has 3 heterocycles. The Morgan fingerprint density at radius 3 is 1.85 bits per heavy atom. The molecule has 0 atom stereocenters. The van der Waals surface area contributed by atoms with Crippen LogP contribution in [0.1, 0.15) is 0 Å². The second-order valence-electron chi connectivity index (χ2n) is 13.6. The van der Waals surface area contributed by atoms with Gasteiger partial charge in [-0.15, -0.1) is 0 Å². The molecule has 3 nitrogen and oxygen atoms in total. The minimum atomic E-state index is 0.903. The Morgan fingerprint density at radius 1 is 0.346 bits per heavy atom. The first-order valence-electron chi connectivity index (χ1n) is 17.8. The molecule has 0 saturated heterocycles. The summed E-state index contributed by atoms with van der Waals surface area (Å²) in [5.74, 6) is 0.903. The summed E-state index contributed by atoms with van der Waals surface area (Å²) in [6, 6.07) is 67.7. The Morgan fingerprint density at radius 2 is 1.02 bits per heavy atom. The van der Waals surface area contributed by atoms with Crippen LogP contribution in [-0.2, 0) is 0 Å². The summed E-state index contributed by atoms with van der Waals surface area (Å²) in [6.07, 6.45) is 0. The first kappa shape index (κ1) is 28.8. The van der Waals surface area contributed by atoms with Gasteiger partial charge in [0.15, 0.2) is 0 Å². The van der Waals surface area contributed by atoms with Crippen molar-refractivity contribution in [3.63, 3.8) is 0 Å². The highest BCUT2D eigenvalue weighted by Gasteiger charge is 2.20. The highest BCUT2D eigenvalue weighted by atomic mass is 15.1. The summed E-state index contributed by atoms with van der Waals surface area (Å²) >= 11 is 0. The van der Waals surface area contributed by atoms with Crippen LogP contribution in [0.3, 0.4) is 0 Å². The van der Waals surface area contributed by atoms with E-state index in [1.165, 1.54) is 65.7 Å². The fraction of sp³-hybridized carbons (Fsp3) is 0. The Balaban J connectivity index is 1.14. The predicted octanol–water partition coefficient (Wildman–Crippen LogP) is 12.9. The minimum absolute atomic E-state index is 0.903. The van der Waals surface area contributed by atoms with Crippen molar-refractivity contribution in [2.45, 2.75) is 0 Å². The molecule has 3 heteroatoms. The van der Waals surface area contributed by atoms with E-state index in [1.54, 1.807) is 0 Å². The summed E-state index contributed by atoms with van der Waals surface area (Å²) in [5, 5.41) is 7.58. The molecule has 242 valence electrons. The van der Waals surface area contributed by atoms with Crippen LogP contribution in [0.4, 0.5) is 0 Å². The average molecular weight is 662 g/mol. The lowest BCUT2D eigenvalue weighted by Gasteiger charge is -2.13. The number of aromatic nitrogens is 3. The molecule has 3 aromatic heterocycles. The molecule has 0 unspecified atom stereocenters. The number of rotatable bonds is 5. The maximum atomic E-state index is 5.33. The number of nitrogens with zero attached hydrogens (tertiary/aromatic N) is 3. The van der Waals surface area contributed by atoms with Crippen LogP contribution < -0.4 is 0 Å². The summed E-state index contributed by atoms with van der Waals surface area (Å²) < 4.78 is 4.74. The van der Waals surface area contributed by atoms with Crippen molar-refractivity contribution in [2.24, 2.45) is 0 Å². The number of pyridine rings is 1. The van der Waals surface area contributed by atoms with Crippen molar-refractivity contribution in [2.75, 3.05) is 0 Å². The summed E-state index contributed by atoms with van der Waals surface area (Å²) in [5.41, 5.74) is 12.7. The Kier molecular flexibility index (Phi) is 6.25. The zero-order valence-electron chi connectivity index (χ0n) is 28.2. The Bertz CT molecular complexity index is 3040. The maximum Gasteiger partial charge on any atom is 0.138 e. The topological polar surface area (TPSA) is 22.8 Å². The molecule has 0 bridgehead atoms. The van der Waals surface area contributed by atoms with E-state index < -0.39 is 0 Å². The number of hydrogen-bond donors (Lipinski definition) is 0. The standard InChI is InChI=1S/C49H31N3/c1-4-13-32(14-5-1)36-30-42(33-15-6-2-7-16-33)50-47(31-36)52-43-21-11-10-20-39(43)41-29-35(24-27-44(41)52)38-26-28-46-49-40(38)25-23-34-17-12-22-45(48(34)49)51(46)37-18-8-3-9-19-37/h1-31H. The molecule has 0 radical (unpaired) electrons. The molecular weight excluding hydrogens is 631 g/mol. The van der Waals surface area contributed by atoms with Gasteiger partial charge in [-0.3, -0.25) is 4.57 Å². The molecule has 0 saturated carbocycles. The van der Waals surface area contributed by atoms with Gasteiger partial charge in [-0.05, 0) is 87.6 Å². The zero-order chi connectivity index (χ0) is 34.2. The van der Waals surface area contributed by atoms with Gasteiger partial charge in [0.25, 0.3) is 0 Å². The number of fused-ring (bicyclic) bond motifs is 3. The van der Waals surface area contributed by atoms with E-state index in [9.17, 15) is 0 Å². The smallest absolute Gasteiger partial charge is 0.138 e. The van der Waals surface area contributed by atoms with Crippen molar-refractivity contribution >= 4 is 54.4 Å². The number of hydrogen-bond acceptors (Lipinski definition) is 1. The van der Waals surface area contributed by atoms with E-state index in [1.807, 2.05) is 0 Å². The third-order valence-corrected chi connectivity index (χ3v) is 10.7. The molecule has 11 rings (SSSR count). The number of benzene rings is 8. The molecule has 0 N–H and O–H groups in total. The van der Waals surface area contributed by atoms with Crippen LogP contribution in [-0.4, -0.2) is 14.1 Å². The Labute approximate surface area is 300 Å². The normalized spacial score (nSPS) is 11.8. The van der Waals surface area contributed by atoms with Crippen molar-refractivity contribution in [3.8, 4) is 45.0 Å². The van der Waals surface area contributed by atoms with E-state index in [4.69, 9.17) is 4.98 Å². The number of para-hydroxylation sites is 2. The van der Waals surface area contributed by atoms with Gasteiger partial charge in [0, 0.05) is 32.8 Å². The maximum absolute atomic E-state index is 5.33. The van der Waals surface area contributed by atoms with E-state index in [-0.39, 0.29) is 0 Å². The van der Waals surface area contributed by atoms with Crippen molar-refractivity contribution in [1.29, 1.82) is 0 Å². The molecular formula is C49H31N3. The lowest BCUT2D eigenvalue weighted by molar-refractivity contribution is 1.08. The fourth-order valence-electron chi connectivity index (χ4n) is 8.37. The lowest BCUT2D eigenvalue weighted by atomic mass is 9.94. The van der Waals surface area contributed by atoms with Crippen molar-refractivity contribution in [1.82, 2.24) is 14.1 Å².